The molecular weight excluding hydrogens is 483 g/mol. The molecule has 0 spiro atoms. The number of phenols is 1. The van der Waals surface area contributed by atoms with Gasteiger partial charge in [0.25, 0.3) is 5.91 Å². The van der Waals surface area contributed by atoms with Crippen LogP contribution in [0.1, 0.15) is 15.9 Å². The van der Waals surface area contributed by atoms with Crippen LogP contribution in [-0.2, 0) is 11.2 Å². The SMILES string of the molecule is O=C(NCC(Cc1cc(I)ccc1O)C(=O)O)c1ccc(-c2cccnc2)cc1. The Hall–Kier alpha value is -2.94. The second-order valence-corrected chi connectivity index (χ2v) is 7.79. The van der Waals surface area contributed by atoms with Crippen LogP contribution in [0, 0.1) is 9.49 Å². The molecule has 148 valence electrons. The van der Waals surface area contributed by atoms with E-state index in [4.69, 9.17) is 0 Å². The molecule has 3 rings (SSSR count). The molecule has 1 heterocycles. The van der Waals surface area contributed by atoms with Crippen LogP contribution in [-0.4, -0.2) is 33.6 Å². The van der Waals surface area contributed by atoms with Crippen molar-refractivity contribution >= 4 is 34.5 Å². The summed E-state index contributed by atoms with van der Waals surface area (Å²) in [6, 6.07) is 15.8. The van der Waals surface area contributed by atoms with Crippen molar-refractivity contribution in [1.82, 2.24) is 10.3 Å². The van der Waals surface area contributed by atoms with Gasteiger partial charge in [-0.05, 0) is 82.1 Å². The highest BCUT2D eigenvalue weighted by Gasteiger charge is 2.21. The third kappa shape index (κ3) is 5.54. The van der Waals surface area contributed by atoms with Gasteiger partial charge in [-0.1, -0.05) is 18.2 Å². The highest BCUT2D eigenvalue weighted by atomic mass is 127. The Kier molecular flexibility index (Phi) is 6.82. The number of pyridine rings is 1. The molecule has 0 aliphatic heterocycles. The second kappa shape index (κ2) is 9.51. The fourth-order valence-corrected chi connectivity index (χ4v) is 3.45. The molecule has 2 aromatic carbocycles. The third-order valence-corrected chi connectivity index (χ3v) is 5.18. The molecule has 29 heavy (non-hydrogen) atoms. The number of nitrogens with one attached hydrogen (secondary N) is 1. The normalized spacial score (nSPS) is 11.6. The van der Waals surface area contributed by atoms with Gasteiger partial charge in [0.1, 0.15) is 5.75 Å². The van der Waals surface area contributed by atoms with Gasteiger partial charge in [-0.2, -0.15) is 0 Å². The van der Waals surface area contributed by atoms with Gasteiger partial charge in [-0.25, -0.2) is 0 Å². The van der Waals surface area contributed by atoms with Gasteiger partial charge in [0.15, 0.2) is 0 Å². The fourth-order valence-electron chi connectivity index (χ4n) is 2.90. The van der Waals surface area contributed by atoms with Crippen molar-refractivity contribution in [1.29, 1.82) is 0 Å². The smallest absolute Gasteiger partial charge is 0.308 e. The van der Waals surface area contributed by atoms with E-state index in [2.05, 4.69) is 32.9 Å². The van der Waals surface area contributed by atoms with Crippen molar-refractivity contribution in [3.63, 3.8) is 0 Å². The van der Waals surface area contributed by atoms with Crippen molar-refractivity contribution in [2.45, 2.75) is 6.42 Å². The minimum absolute atomic E-state index is 0.0383. The Labute approximate surface area is 181 Å². The van der Waals surface area contributed by atoms with Gasteiger partial charge < -0.3 is 15.5 Å². The van der Waals surface area contributed by atoms with E-state index in [9.17, 15) is 19.8 Å². The van der Waals surface area contributed by atoms with Crippen LogP contribution in [0.2, 0.25) is 0 Å². The number of carboxylic acid groups (broad SMARTS) is 1. The summed E-state index contributed by atoms with van der Waals surface area (Å²) in [5, 5.41) is 22.1. The van der Waals surface area contributed by atoms with Crippen LogP contribution in [0.3, 0.4) is 0 Å². The topological polar surface area (TPSA) is 99.5 Å². The zero-order valence-corrected chi connectivity index (χ0v) is 17.5. The van der Waals surface area contributed by atoms with E-state index in [0.717, 1.165) is 14.7 Å². The molecule has 1 unspecified atom stereocenters. The summed E-state index contributed by atoms with van der Waals surface area (Å²) < 4.78 is 0.900. The Morgan fingerprint density at radius 3 is 2.48 bits per heavy atom. The Balaban J connectivity index is 1.64. The van der Waals surface area contributed by atoms with Gasteiger partial charge in [-0.3, -0.25) is 14.6 Å². The van der Waals surface area contributed by atoms with Gasteiger partial charge >= 0.3 is 5.97 Å². The summed E-state index contributed by atoms with van der Waals surface area (Å²) in [7, 11) is 0. The summed E-state index contributed by atoms with van der Waals surface area (Å²) in [6.07, 6.45) is 3.56. The molecule has 6 nitrogen and oxygen atoms in total. The number of rotatable bonds is 7. The number of phenolic OH excluding ortho intramolecular Hbond substituents is 1. The zero-order chi connectivity index (χ0) is 20.8. The number of carbonyl (C=O) groups excluding carboxylic acids is 1. The van der Waals surface area contributed by atoms with Crippen LogP contribution in [0.15, 0.2) is 67.0 Å². The molecule has 0 aliphatic rings. The number of aliphatic carboxylic acids is 1. The summed E-state index contributed by atoms with van der Waals surface area (Å²) in [4.78, 5) is 28.1. The monoisotopic (exact) mass is 502 g/mol. The molecule has 0 fully saturated rings. The standard InChI is InChI=1S/C22H19IN2O4/c23-19-7-8-20(26)17(11-19)10-18(22(28)29)13-25-21(27)15-5-3-14(4-6-15)16-2-1-9-24-12-16/h1-9,11-12,18,26H,10,13H2,(H,25,27)(H,28,29). The number of nitrogens with zero attached hydrogens (tertiary/aromatic N) is 1. The van der Waals surface area contributed by atoms with Gasteiger partial charge in [0.05, 0.1) is 5.92 Å². The molecule has 1 atom stereocenters. The first-order valence-corrected chi connectivity index (χ1v) is 10.0. The lowest BCUT2D eigenvalue weighted by molar-refractivity contribution is -0.141. The summed E-state index contributed by atoms with van der Waals surface area (Å²) in [6.45, 7) is -0.0383. The van der Waals surface area contributed by atoms with Gasteiger partial charge in [0.2, 0.25) is 0 Å². The van der Waals surface area contributed by atoms with E-state index >= 15 is 0 Å². The molecular formula is C22H19IN2O4. The lowest BCUT2D eigenvalue weighted by Gasteiger charge is -2.15. The highest BCUT2D eigenvalue weighted by molar-refractivity contribution is 14.1. The second-order valence-electron chi connectivity index (χ2n) is 6.54. The maximum atomic E-state index is 12.4. The lowest BCUT2D eigenvalue weighted by Crippen LogP contribution is -2.34. The fraction of sp³-hybridized carbons (Fsp3) is 0.136. The zero-order valence-electron chi connectivity index (χ0n) is 15.4. The Morgan fingerprint density at radius 1 is 1.07 bits per heavy atom. The van der Waals surface area contributed by atoms with Crippen LogP contribution < -0.4 is 5.32 Å². The first-order valence-electron chi connectivity index (χ1n) is 8.93. The number of carbonyl (C=O) groups is 2. The highest BCUT2D eigenvalue weighted by Crippen LogP contribution is 2.23. The first-order chi connectivity index (χ1) is 13.9. The number of hydrogen-bond donors (Lipinski definition) is 3. The van der Waals surface area contributed by atoms with E-state index in [0.29, 0.717) is 11.1 Å². The lowest BCUT2D eigenvalue weighted by atomic mass is 9.98. The first kappa shape index (κ1) is 20.8. The number of aromatic hydroxyl groups is 1. The summed E-state index contributed by atoms with van der Waals surface area (Å²) in [5.41, 5.74) is 2.87. The molecule has 1 amide bonds. The van der Waals surface area contributed by atoms with Crippen LogP contribution in [0.5, 0.6) is 5.75 Å². The maximum absolute atomic E-state index is 12.4. The van der Waals surface area contributed by atoms with Crippen LogP contribution in [0.25, 0.3) is 11.1 Å². The molecule has 0 radical (unpaired) electrons. The van der Waals surface area contributed by atoms with Crippen molar-refractivity contribution in [2.75, 3.05) is 6.54 Å². The third-order valence-electron chi connectivity index (χ3n) is 4.51. The van der Waals surface area contributed by atoms with E-state index in [1.165, 1.54) is 0 Å². The summed E-state index contributed by atoms with van der Waals surface area (Å²) >= 11 is 2.10. The number of halogens is 1. The van der Waals surface area contributed by atoms with Crippen molar-refractivity contribution in [3.05, 3.63) is 81.7 Å². The van der Waals surface area contributed by atoms with Crippen LogP contribution >= 0.6 is 22.6 Å². The summed E-state index contributed by atoms with van der Waals surface area (Å²) in [5.74, 6) is -2.18. The number of hydrogen-bond acceptors (Lipinski definition) is 4. The van der Waals surface area contributed by atoms with E-state index in [1.54, 1.807) is 42.7 Å². The average molecular weight is 502 g/mol. The van der Waals surface area contributed by atoms with Crippen molar-refractivity contribution in [3.8, 4) is 16.9 Å². The average Bonchev–Trinajstić information content (AvgIpc) is 2.73. The number of amides is 1. The van der Waals surface area contributed by atoms with E-state index in [-0.39, 0.29) is 24.6 Å². The van der Waals surface area contributed by atoms with Gasteiger partial charge in [0, 0.05) is 28.1 Å². The van der Waals surface area contributed by atoms with Crippen LogP contribution in [0.4, 0.5) is 0 Å². The number of aromatic nitrogens is 1. The maximum Gasteiger partial charge on any atom is 0.308 e. The Bertz CT molecular complexity index is 1010. The Morgan fingerprint density at radius 2 is 1.83 bits per heavy atom. The quantitative estimate of drug-likeness (QED) is 0.428. The number of carboxylic acids is 1. The van der Waals surface area contributed by atoms with Crippen molar-refractivity contribution < 1.29 is 19.8 Å². The molecule has 0 saturated heterocycles. The van der Waals surface area contributed by atoms with E-state index < -0.39 is 11.9 Å². The van der Waals surface area contributed by atoms with Gasteiger partial charge in [-0.15, -0.1) is 0 Å². The molecule has 3 aromatic rings. The molecule has 7 heteroatoms. The number of benzene rings is 2. The minimum atomic E-state index is -1.03. The predicted molar refractivity (Wildman–Crippen MR) is 118 cm³/mol. The molecule has 3 N–H and O–H groups in total. The predicted octanol–water partition coefficient (Wildman–Crippen LogP) is 3.73. The molecule has 0 saturated carbocycles. The van der Waals surface area contributed by atoms with Crippen molar-refractivity contribution in [2.24, 2.45) is 5.92 Å². The largest absolute Gasteiger partial charge is 0.508 e. The van der Waals surface area contributed by atoms with E-state index in [1.807, 2.05) is 24.3 Å². The molecule has 0 aliphatic carbocycles. The minimum Gasteiger partial charge on any atom is -0.508 e. The molecule has 1 aromatic heterocycles. The molecule has 0 bridgehead atoms.